The van der Waals surface area contributed by atoms with Gasteiger partial charge in [-0.25, -0.2) is 23.1 Å². The molecule has 4 heterocycles. The quantitative estimate of drug-likeness (QED) is 0.264. The van der Waals surface area contributed by atoms with Gasteiger partial charge in [0, 0.05) is 30.3 Å². The minimum Gasteiger partial charge on any atom is -0.475 e. The first-order valence-corrected chi connectivity index (χ1v) is 19.0. The predicted octanol–water partition coefficient (Wildman–Crippen LogP) is 5.95. The summed E-state index contributed by atoms with van der Waals surface area (Å²) in [6.45, 7) is 12.1. The first-order chi connectivity index (χ1) is 24.3. The highest BCUT2D eigenvalue weighted by Gasteiger charge is 2.39. The maximum absolute atomic E-state index is 14.6. The van der Waals surface area contributed by atoms with E-state index in [4.69, 9.17) is 14.5 Å². The Bertz CT molecular complexity index is 2030. The Morgan fingerprint density at radius 2 is 1.76 bits per heavy atom. The first kappa shape index (κ1) is 34.8. The van der Waals surface area contributed by atoms with E-state index in [1.54, 1.807) is 35.5 Å². The zero-order valence-corrected chi connectivity index (χ0v) is 30.6. The zero-order chi connectivity index (χ0) is 35.9. The van der Waals surface area contributed by atoms with E-state index in [-0.39, 0.29) is 58.9 Å². The number of amides is 1. The van der Waals surface area contributed by atoms with E-state index < -0.39 is 16.1 Å². The topological polar surface area (TPSA) is 140 Å². The van der Waals surface area contributed by atoms with Gasteiger partial charge in [-0.2, -0.15) is 4.98 Å². The summed E-state index contributed by atoms with van der Waals surface area (Å²) < 4.78 is 42.5. The number of nitrogens with zero attached hydrogens (tertiary/aromatic N) is 6. The van der Waals surface area contributed by atoms with Crippen molar-refractivity contribution in [2.75, 3.05) is 29.4 Å². The van der Waals surface area contributed by atoms with Gasteiger partial charge in [0.15, 0.2) is 0 Å². The van der Waals surface area contributed by atoms with Crippen LogP contribution in [0.4, 0.5) is 11.8 Å². The number of benzene rings is 2. The largest absolute Gasteiger partial charge is 0.475 e. The van der Waals surface area contributed by atoms with Crippen molar-refractivity contribution in [1.82, 2.24) is 24.8 Å². The number of ether oxygens (including phenoxy) is 2. The minimum absolute atomic E-state index is 0.0799. The van der Waals surface area contributed by atoms with Crippen LogP contribution in [0.3, 0.4) is 0 Å². The standard InChI is InChI=1S/C38H45N7O5S/c1-24-9-6-10-25(2)35(24)30-18-34-42-37(41-30)43-51(47,48)29-12-7-11-26(17-29)36(46)45(28(23-50-34)19-38(3,4)5)22-27-20-39-21-33(40-27)44-15-8-16-49-32-14-13-31(32)44/h6-7,9-12,17-18,20-21,28,31-32H,8,13-16,19,22-23H2,1-5H3,(H,41,42,43)/t28-,31?,32?/m1/s1. The highest BCUT2D eigenvalue weighted by Crippen LogP contribution is 2.35. The fourth-order valence-corrected chi connectivity index (χ4v) is 8.24. The summed E-state index contributed by atoms with van der Waals surface area (Å²) in [5.41, 5.74) is 3.99. The number of nitrogens with one attached hydrogen (secondary N) is 1. The Hall–Kier alpha value is -4.62. The molecule has 2 aromatic heterocycles. The SMILES string of the molecule is Cc1cccc(C)c1-c1cc2nc(n1)NS(=O)(=O)c1cccc(c1)C(=O)N(Cc1cncc(N3CCCOC4CCC43)n1)[C@H](CC(C)(C)C)CO2. The van der Waals surface area contributed by atoms with Crippen LogP contribution in [0.1, 0.15) is 73.6 Å². The second kappa shape index (κ2) is 13.8. The number of fused-ring (bicyclic) bond motifs is 5. The van der Waals surface area contributed by atoms with Crippen molar-refractivity contribution in [2.45, 2.75) is 89.9 Å². The number of anilines is 2. The van der Waals surface area contributed by atoms with Crippen LogP contribution in [0, 0.1) is 19.3 Å². The Balaban J connectivity index is 1.31. The lowest BCUT2D eigenvalue weighted by molar-refractivity contribution is -0.00318. The van der Waals surface area contributed by atoms with Gasteiger partial charge in [-0.3, -0.25) is 9.78 Å². The average molecular weight is 712 g/mol. The van der Waals surface area contributed by atoms with Gasteiger partial charge in [0.1, 0.15) is 12.4 Å². The number of hydrogen-bond donors (Lipinski definition) is 1. The number of aromatic nitrogens is 4. The normalized spacial score (nSPS) is 21.8. The second-order valence-electron chi connectivity index (χ2n) is 14.9. The summed E-state index contributed by atoms with van der Waals surface area (Å²) >= 11 is 0. The summed E-state index contributed by atoms with van der Waals surface area (Å²) in [7, 11) is -4.18. The molecule has 2 unspecified atom stereocenters. The molecule has 4 bridgehead atoms. The Morgan fingerprint density at radius 1 is 0.980 bits per heavy atom. The van der Waals surface area contributed by atoms with Crippen LogP contribution in [0.15, 0.2) is 65.8 Å². The van der Waals surface area contributed by atoms with Crippen molar-refractivity contribution in [3.63, 3.8) is 0 Å². The Morgan fingerprint density at radius 3 is 2.51 bits per heavy atom. The lowest BCUT2D eigenvalue weighted by atomic mass is 9.87. The van der Waals surface area contributed by atoms with Crippen LogP contribution in [-0.2, 0) is 21.3 Å². The number of hydrogen-bond acceptors (Lipinski definition) is 10. The lowest BCUT2D eigenvalue weighted by Crippen LogP contribution is -2.51. The third-order valence-corrected chi connectivity index (χ3v) is 11.1. The number of carbonyl (C=O) groups is 1. The molecule has 12 nitrogen and oxygen atoms in total. The number of sulfonamides is 1. The minimum atomic E-state index is -4.18. The van der Waals surface area contributed by atoms with E-state index >= 15 is 0 Å². The van der Waals surface area contributed by atoms with Crippen LogP contribution in [0.25, 0.3) is 11.3 Å². The van der Waals surface area contributed by atoms with Gasteiger partial charge in [-0.1, -0.05) is 45.0 Å². The zero-order valence-electron chi connectivity index (χ0n) is 29.8. The summed E-state index contributed by atoms with van der Waals surface area (Å²) in [4.78, 5) is 37.3. The third-order valence-electron chi connectivity index (χ3n) is 9.78. The molecular formula is C38H45N7O5S. The summed E-state index contributed by atoms with van der Waals surface area (Å²) in [5.74, 6) is 0.497. The molecule has 0 radical (unpaired) electrons. The van der Waals surface area contributed by atoms with Crippen molar-refractivity contribution in [1.29, 1.82) is 0 Å². The number of rotatable bonds is 5. The molecule has 0 spiro atoms. The molecule has 51 heavy (non-hydrogen) atoms. The van der Waals surface area contributed by atoms with Gasteiger partial charge in [0.2, 0.25) is 11.8 Å². The molecule has 2 aromatic carbocycles. The van der Waals surface area contributed by atoms with E-state index in [0.29, 0.717) is 17.8 Å². The van der Waals surface area contributed by atoms with E-state index in [0.717, 1.165) is 54.9 Å². The molecule has 268 valence electrons. The number of carbonyl (C=O) groups excluding carboxylic acids is 1. The summed E-state index contributed by atoms with van der Waals surface area (Å²) in [5, 5.41) is 0. The third kappa shape index (κ3) is 7.55. The molecule has 1 amide bonds. The maximum atomic E-state index is 14.6. The van der Waals surface area contributed by atoms with Crippen LogP contribution >= 0.6 is 0 Å². The van der Waals surface area contributed by atoms with Crippen molar-refractivity contribution >= 4 is 27.7 Å². The Kier molecular flexibility index (Phi) is 9.44. The van der Waals surface area contributed by atoms with Crippen LogP contribution < -0.4 is 14.4 Å². The van der Waals surface area contributed by atoms with Gasteiger partial charge < -0.3 is 19.3 Å². The van der Waals surface area contributed by atoms with Crippen molar-refractivity contribution in [2.24, 2.45) is 5.41 Å². The molecule has 3 atom stereocenters. The molecule has 3 aliphatic rings. The molecule has 1 saturated carbocycles. The molecule has 4 aromatic rings. The van der Waals surface area contributed by atoms with Gasteiger partial charge in [0.05, 0.1) is 53.4 Å². The first-order valence-electron chi connectivity index (χ1n) is 17.6. The molecule has 1 saturated heterocycles. The van der Waals surface area contributed by atoms with E-state index in [2.05, 4.69) is 45.3 Å². The van der Waals surface area contributed by atoms with Crippen molar-refractivity contribution in [3.8, 4) is 17.1 Å². The Labute approximate surface area is 299 Å². The molecule has 7 rings (SSSR count). The smallest absolute Gasteiger partial charge is 0.264 e. The van der Waals surface area contributed by atoms with Crippen LogP contribution in [0.2, 0.25) is 0 Å². The van der Waals surface area contributed by atoms with Gasteiger partial charge in [-0.05, 0) is 74.3 Å². The molecule has 2 aliphatic heterocycles. The van der Waals surface area contributed by atoms with Gasteiger partial charge >= 0.3 is 0 Å². The summed E-state index contributed by atoms with van der Waals surface area (Å²) in [6.07, 6.45) is 7.23. The average Bonchev–Trinajstić information content (AvgIpc) is 3.21. The monoisotopic (exact) mass is 711 g/mol. The molecule has 2 fully saturated rings. The van der Waals surface area contributed by atoms with E-state index in [1.807, 2.05) is 32.0 Å². The molecule has 13 heteroatoms. The highest BCUT2D eigenvalue weighted by atomic mass is 32.2. The van der Waals surface area contributed by atoms with Crippen LogP contribution in [-0.4, -0.2) is 77.1 Å². The van der Waals surface area contributed by atoms with Gasteiger partial charge in [0.25, 0.3) is 15.9 Å². The maximum Gasteiger partial charge on any atom is 0.264 e. The van der Waals surface area contributed by atoms with E-state index in [1.165, 1.54) is 12.1 Å². The fourth-order valence-electron chi connectivity index (χ4n) is 7.25. The van der Waals surface area contributed by atoms with Crippen molar-refractivity contribution in [3.05, 3.63) is 83.3 Å². The van der Waals surface area contributed by atoms with Crippen LogP contribution in [0.5, 0.6) is 5.88 Å². The van der Waals surface area contributed by atoms with Gasteiger partial charge in [-0.15, -0.1) is 0 Å². The number of aryl methyl sites for hydroxylation is 2. The summed E-state index contributed by atoms with van der Waals surface area (Å²) in [6, 6.07) is 13.5. The lowest BCUT2D eigenvalue weighted by Gasteiger charge is -2.42. The highest BCUT2D eigenvalue weighted by molar-refractivity contribution is 7.92. The molecule has 1 aliphatic carbocycles. The van der Waals surface area contributed by atoms with E-state index in [9.17, 15) is 13.2 Å². The second-order valence-corrected chi connectivity index (χ2v) is 16.6. The molecular weight excluding hydrogens is 667 g/mol. The fraction of sp³-hybridized carbons (Fsp3) is 0.447. The van der Waals surface area contributed by atoms with Crippen molar-refractivity contribution < 1.29 is 22.7 Å². The molecule has 1 N–H and O–H groups in total. The predicted molar refractivity (Wildman–Crippen MR) is 194 cm³/mol.